The van der Waals surface area contributed by atoms with Crippen molar-refractivity contribution in [1.82, 2.24) is 14.9 Å². The Hall–Kier alpha value is -2.66. The third kappa shape index (κ3) is 4.25. The predicted octanol–water partition coefficient (Wildman–Crippen LogP) is 3.09. The van der Waals surface area contributed by atoms with Crippen molar-refractivity contribution < 1.29 is 9.53 Å². The molecule has 5 nitrogen and oxygen atoms in total. The molecule has 130 valence electrons. The standard InChI is InChI=1S/C20H23N3O2/c1-15-6-7-18-16(13-22-19(18)11-15)12-20(24)23(9-10-25-2)14-17-5-3-4-8-21-17/h3-8,11,13,22H,9-10,12,14H2,1-2H3. The van der Waals surface area contributed by atoms with Crippen molar-refractivity contribution in [3.63, 3.8) is 0 Å². The lowest BCUT2D eigenvalue weighted by Crippen LogP contribution is -2.34. The fourth-order valence-corrected chi connectivity index (χ4v) is 2.90. The molecule has 5 heteroatoms. The normalized spacial score (nSPS) is 11.0. The lowest BCUT2D eigenvalue weighted by atomic mass is 10.1. The number of benzene rings is 1. The summed E-state index contributed by atoms with van der Waals surface area (Å²) in [6.07, 6.45) is 4.03. The van der Waals surface area contributed by atoms with Gasteiger partial charge in [-0.25, -0.2) is 0 Å². The number of nitrogens with zero attached hydrogens (tertiary/aromatic N) is 2. The molecule has 1 aromatic carbocycles. The van der Waals surface area contributed by atoms with Crippen LogP contribution >= 0.6 is 0 Å². The van der Waals surface area contributed by atoms with Gasteiger partial charge in [-0.15, -0.1) is 0 Å². The lowest BCUT2D eigenvalue weighted by Gasteiger charge is -2.22. The van der Waals surface area contributed by atoms with Crippen LogP contribution in [0.2, 0.25) is 0 Å². The van der Waals surface area contributed by atoms with Gasteiger partial charge in [-0.05, 0) is 36.2 Å². The summed E-state index contributed by atoms with van der Waals surface area (Å²) in [6, 6.07) is 12.0. The van der Waals surface area contributed by atoms with E-state index in [2.05, 4.69) is 35.1 Å². The number of nitrogens with one attached hydrogen (secondary N) is 1. The van der Waals surface area contributed by atoms with Gasteiger partial charge < -0.3 is 14.6 Å². The van der Waals surface area contributed by atoms with Crippen LogP contribution < -0.4 is 0 Å². The Morgan fingerprint density at radius 3 is 2.92 bits per heavy atom. The van der Waals surface area contributed by atoms with Crippen molar-refractivity contribution in [1.29, 1.82) is 0 Å². The van der Waals surface area contributed by atoms with Gasteiger partial charge >= 0.3 is 0 Å². The Kier molecular flexibility index (Phi) is 5.46. The molecule has 0 atom stereocenters. The highest BCUT2D eigenvalue weighted by Gasteiger charge is 2.17. The average molecular weight is 337 g/mol. The molecule has 0 bridgehead atoms. The van der Waals surface area contributed by atoms with E-state index in [4.69, 9.17) is 4.74 Å². The van der Waals surface area contributed by atoms with E-state index in [1.807, 2.05) is 24.4 Å². The summed E-state index contributed by atoms with van der Waals surface area (Å²) < 4.78 is 5.16. The van der Waals surface area contributed by atoms with Crippen LogP contribution in [0.25, 0.3) is 10.9 Å². The van der Waals surface area contributed by atoms with Crippen molar-refractivity contribution in [2.45, 2.75) is 19.9 Å². The van der Waals surface area contributed by atoms with Crippen LogP contribution in [0.3, 0.4) is 0 Å². The third-order valence-corrected chi connectivity index (χ3v) is 4.26. The largest absolute Gasteiger partial charge is 0.383 e. The Balaban J connectivity index is 1.76. The fourth-order valence-electron chi connectivity index (χ4n) is 2.90. The summed E-state index contributed by atoms with van der Waals surface area (Å²) in [5.74, 6) is 0.0733. The van der Waals surface area contributed by atoms with E-state index in [1.54, 1.807) is 18.2 Å². The molecular weight excluding hydrogens is 314 g/mol. The molecule has 0 saturated carbocycles. The molecule has 3 rings (SSSR count). The quantitative estimate of drug-likeness (QED) is 0.721. The fraction of sp³-hybridized carbons (Fsp3) is 0.300. The minimum absolute atomic E-state index is 0.0733. The molecule has 0 spiro atoms. The summed E-state index contributed by atoms with van der Waals surface area (Å²) in [5, 5.41) is 1.10. The maximum Gasteiger partial charge on any atom is 0.227 e. The highest BCUT2D eigenvalue weighted by Crippen LogP contribution is 2.20. The molecule has 0 aliphatic carbocycles. The first-order valence-corrected chi connectivity index (χ1v) is 8.40. The zero-order valence-corrected chi connectivity index (χ0v) is 14.7. The number of H-pyrrole nitrogens is 1. The molecule has 1 amide bonds. The van der Waals surface area contributed by atoms with Crippen LogP contribution in [0.5, 0.6) is 0 Å². The summed E-state index contributed by atoms with van der Waals surface area (Å²) in [6.45, 7) is 3.61. The van der Waals surface area contributed by atoms with Crippen molar-refractivity contribution in [2.75, 3.05) is 20.3 Å². The van der Waals surface area contributed by atoms with Gasteiger partial charge in [0.05, 0.1) is 25.3 Å². The topological polar surface area (TPSA) is 58.2 Å². The van der Waals surface area contributed by atoms with Crippen LogP contribution in [-0.4, -0.2) is 41.0 Å². The number of fused-ring (bicyclic) bond motifs is 1. The van der Waals surface area contributed by atoms with Gasteiger partial charge in [0, 0.05) is 37.0 Å². The summed E-state index contributed by atoms with van der Waals surface area (Å²) in [4.78, 5) is 22.2. The minimum Gasteiger partial charge on any atom is -0.383 e. The number of ether oxygens (including phenoxy) is 1. The third-order valence-electron chi connectivity index (χ3n) is 4.26. The van der Waals surface area contributed by atoms with Gasteiger partial charge in [0.25, 0.3) is 0 Å². The zero-order chi connectivity index (χ0) is 17.6. The van der Waals surface area contributed by atoms with Gasteiger partial charge in [-0.1, -0.05) is 18.2 Å². The number of aryl methyl sites for hydroxylation is 1. The predicted molar refractivity (Wildman–Crippen MR) is 98.3 cm³/mol. The second-order valence-corrected chi connectivity index (χ2v) is 6.17. The Bertz CT molecular complexity index is 843. The van der Waals surface area contributed by atoms with Gasteiger partial charge in [-0.2, -0.15) is 0 Å². The van der Waals surface area contributed by atoms with Crippen molar-refractivity contribution in [3.05, 3.63) is 65.6 Å². The molecule has 0 fully saturated rings. The first-order chi connectivity index (χ1) is 12.2. The van der Waals surface area contributed by atoms with E-state index in [0.29, 0.717) is 26.1 Å². The molecule has 0 saturated heterocycles. The summed E-state index contributed by atoms with van der Waals surface area (Å²) in [7, 11) is 1.64. The molecule has 25 heavy (non-hydrogen) atoms. The van der Waals surface area contributed by atoms with Crippen LogP contribution in [0.4, 0.5) is 0 Å². The minimum atomic E-state index is 0.0733. The maximum atomic E-state index is 12.9. The first kappa shape index (κ1) is 17.2. The number of aromatic amines is 1. The molecule has 0 unspecified atom stereocenters. The Morgan fingerprint density at radius 2 is 2.16 bits per heavy atom. The average Bonchev–Trinajstić information content (AvgIpc) is 3.01. The molecule has 0 radical (unpaired) electrons. The van der Waals surface area contributed by atoms with Gasteiger partial charge in [0.1, 0.15) is 0 Å². The molecule has 0 aliphatic rings. The van der Waals surface area contributed by atoms with Crippen LogP contribution in [-0.2, 0) is 22.5 Å². The number of hydrogen-bond donors (Lipinski definition) is 1. The van der Waals surface area contributed by atoms with Crippen molar-refractivity contribution in [2.24, 2.45) is 0 Å². The number of methoxy groups -OCH3 is 1. The van der Waals surface area contributed by atoms with Gasteiger partial charge in [0.2, 0.25) is 5.91 Å². The smallest absolute Gasteiger partial charge is 0.227 e. The highest BCUT2D eigenvalue weighted by atomic mass is 16.5. The molecule has 1 N–H and O–H groups in total. The second-order valence-electron chi connectivity index (χ2n) is 6.17. The van der Waals surface area contributed by atoms with Crippen LogP contribution in [0.1, 0.15) is 16.8 Å². The number of carbonyl (C=O) groups excluding carboxylic acids is 1. The number of carbonyl (C=O) groups is 1. The Labute approximate surface area is 147 Å². The number of hydrogen-bond acceptors (Lipinski definition) is 3. The monoisotopic (exact) mass is 337 g/mol. The van der Waals surface area contributed by atoms with E-state index in [-0.39, 0.29) is 5.91 Å². The molecular formula is C20H23N3O2. The van der Waals surface area contributed by atoms with E-state index in [9.17, 15) is 4.79 Å². The lowest BCUT2D eigenvalue weighted by molar-refractivity contribution is -0.131. The van der Waals surface area contributed by atoms with Gasteiger partial charge in [0.15, 0.2) is 0 Å². The first-order valence-electron chi connectivity index (χ1n) is 8.40. The second kappa shape index (κ2) is 7.94. The van der Waals surface area contributed by atoms with E-state index in [0.717, 1.165) is 22.2 Å². The van der Waals surface area contributed by atoms with Gasteiger partial charge in [-0.3, -0.25) is 9.78 Å². The zero-order valence-electron chi connectivity index (χ0n) is 14.7. The van der Waals surface area contributed by atoms with E-state index >= 15 is 0 Å². The van der Waals surface area contributed by atoms with Crippen molar-refractivity contribution >= 4 is 16.8 Å². The Morgan fingerprint density at radius 1 is 1.28 bits per heavy atom. The molecule has 2 heterocycles. The van der Waals surface area contributed by atoms with E-state index in [1.165, 1.54) is 5.56 Å². The number of aromatic nitrogens is 2. The molecule has 3 aromatic rings. The van der Waals surface area contributed by atoms with Crippen LogP contribution in [0, 0.1) is 6.92 Å². The maximum absolute atomic E-state index is 12.9. The number of amides is 1. The van der Waals surface area contributed by atoms with Crippen LogP contribution in [0.15, 0.2) is 48.8 Å². The highest BCUT2D eigenvalue weighted by molar-refractivity contribution is 5.89. The SMILES string of the molecule is COCCN(Cc1ccccn1)C(=O)Cc1c[nH]c2cc(C)ccc12. The summed E-state index contributed by atoms with van der Waals surface area (Å²) in [5.41, 5.74) is 4.16. The summed E-state index contributed by atoms with van der Waals surface area (Å²) >= 11 is 0. The number of rotatable bonds is 7. The molecule has 0 aliphatic heterocycles. The molecule has 2 aromatic heterocycles. The number of pyridine rings is 1. The van der Waals surface area contributed by atoms with Crippen molar-refractivity contribution in [3.8, 4) is 0 Å². The van der Waals surface area contributed by atoms with E-state index < -0.39 is 0 Å².